The molecule has 6 nitrogen and oxygen atoms in total. The third kappa shape index (κ3) is 9.71. The summed E-state index contributed by atoms with van der Waals surface area (Å²) >= 11 is 6.05. The first-order valence-electron chi connectivity index (χ1n) is 14.7. The van der Waals surface area contributed by atoms with Gasteiger partial charge in [0.1, 0.15) is 24.4 Å². The van der Waals surface area contributed by atoms with Gasteiger partial charge in [-0.05, 0) is 22.3 Å². The van der Waals surface area contributed by atoms with E-state index in [1.54, 1.807) is 0 Å². The van der Waals surface area contributed by atoms with Gasteiger partial charge in [0.2, 0.25) is 0 Å². The lowest BCUT2D eigenvalue weighted by molar-refractivity contribution is -0.327. The van der Waals surface area contributed by atoms with E-state index in [4.69, 9.17) is 40.0 Å². The quantitative estimate of drug-likeness (QED) is 0.130. The summed E-state index contributed by atoms with van der Waals surface area (Å²) in [4.78, 5) is 0. The Labute approximate surface area is 259 Å². The Hall–Kier alpha value is -3.07. The Morgan fingerprint density at radius 2 is 0.907 bits per heavy atom. The second kappa shape index (κ2) is 17.3. The standard InChI is InChI=1S/C36H39ClO6/c37-21-22-39-36-35(42-26-31-19-11-4-12-20-31)34(41-25-30-17-9-3-10-18-30)33(40-24-29-15-7-2-8-16-29)32(43-36)27-38-23-28-13-5-1-6-14-28/h1-20,32-36H,21-27H2/t32?,33-,34?,35?,36+/m0/s1. The molecule has 1 aliphatic heterocycles. The van der Waals surface area contributed by atoms with Crippen LogP contribution in [0.4, 0.5) is 0 Å². The maximum absolute atomic E-state index is 6.68. The molecule has 1 fully saturated rings. The molecule has 1 saturated heterocycles. The molecule has 0 spiro atoms. The number of halogens is 1. The molecule has 1 aliphatic rings. The summed E-state index contributed by atoms with van der Waals surface area (Å²) in [5.74, 6) is 0.323. The summed E-state index contributed by atoms with van der Waals surface area (Å²) in [7, 11) is 0. The zero-order chi connectivity index (χ0) is 29.5. The molecule has 0 amide bonds. The topological polar surface area (TPSA) is 55.4 Å². The summed E-state index contributed by atoms with van der Waals surface area (Å²) < 4.78 is 38.8. The summed E-state index contributed by atoms with van der Waals surface area (Å²) in [6.07, 6.45) is -2.82. The maximum Gasteiger partial charge on any atom is 0.186 e. The molecule has 5 rings (SSSR count). The molecular formula is C36H39ClO6. The lowest BCUT2D eigenvalue weighted by atomic mass is 9.97. The fraction of sp³-hybridized carbons (Fsp3) is 0.333. The molecule has 1 heterocycles. The molecule has 43 heavy (non-hydrogen) atoms. The number of alkyl halides is 1. The van der Waals surface area contributed by atoms with E-state index in [0.717, 1.165) is 22.3 Å². The van der Waals surface area contributed by atoms with Crippen molar-refractivity contribution in [3.63, 3.8) is 0 Å². The van der Waals surface area contributed by atoms with E-state index < -0.39 is 30.7 Å². The average molecular weight is 603 g/mol. The minimum atomic E-state index is -0.731. The smallest absolute Gasteiger partial charge is 0.186 e. The van der Waals surface area contributed by atoms with E-state index in [-0.39, 0.29) is 6.61 Å². The predicted molar refractivity (Wildman–Crippen MR) is 166 cm³/mol. The first-order chi connectivity index (χ1) is 21.3. The first-order valence-corrected chi connectivity index (χ1v) is 15.2. The Morgan fingerprint density at radius 3 is 1.37 bits per heavy atom. The summed E-state index contributed by atoms with van der Waals surface area (Å²) in [6.45, 7) is 2.15. The van der Waals surface area contributed by atoms with Crippen molar-refractivity contribution in [2.75, 3.05) is 19.1 Å². The SMILES string of the molecule is ClCCO[C@@H]1OC(COCc2ccccc2)[C@H](OCc2ccccc2)C(OCc2ccccc2)C1OCc1ccccc1. The highest BCUT2D eigenvalue weighted by atomic mass is 35.5. The molecule has 4 aromatic carbocycles. The van der Waals surface area contributed by atoms with Gasteiger partial charge in [0.15, 0.2) is 6.29 Å². The normalized spacial score (nSPS) is 21.9. The van der Waals surface area contributed by atoms with Crippen molar-refractivity contribution in [2.45, 2.75) is 57.1 Å². The minimum absolute atomic E-state index is 0.283. The molecule has 4 aromatic rings. The molecule has 0 bridgehead atoms. The summed E-state index contributed by atoms with van der Waals surface area (Å²) in [5, 5.41) is 0. The van der Waals surface area contributed by atoms with Crippen molar-refractivity contribution >= 4 is 11.6 Å². The van der Waals surface area contributed by atoms with Crippen molar-refractivity contribution in [3.05, 3.63) is 144 Å². The van der Waals surface area contributed by atoms with E-state index >= 15 is 0 Å². The number of benzene rings is 4. The largest absolute Gasteiger partial charge is 0.374 e. The first kappa shape index (κ1) is 31.4. The molecule has 7 heteroatoms. The van der Waals surface area contributed by atoms with Crippen molar-refractivity contribution in [1.82, 2.24) is 0 Å². The monoisotopic (exact) mass is 602 g/mol. The maximum atomic E-state index is 6.68. The Kier molecular flexibility index (Phi) is 12.6. The van der Waals surface area contributed by atoms with Gasteiger partial charge in [-0.25, -0.2) is 0 Å². The Balaban J connectivity index is 1.41. The molecular weight excluding hydrogens is 564 g/mol. The molecule has 3 unspecified atom stereocenters. The Morgan fingerprint density at radius 1 is 0.488 bits per heavy atom. The molecule has 226 valence electrons. The van der Waals surface area contributed by atoms with Crippen LogP contribution < -0.4 is 0 Å². The van der Waals surface area contributed by atoms with Crippen LogP contribution >= 0.6 is 11.6 Å². The van der Waals surface area contributed by atoms with Crippen molar-refractivity contribution in [3.8, 4) is 0 Å². The molecule has 0 aromatic heterocycles. The van der Waals surface area contributed by atoms with Crippen molar-refractivity contribution in [1.29, 1.82) is 0 Å². The highest BCUT2D eigenvalue weighted by molar-refractivity contribution is 6.17. The second-order valence-corrected chi connectivity index (χ2v) is 10.8. The van der Waals surface area contributed by atoms with E-state index in [2.05, 4.69) is 0 Å². The second-order valence-electron chi connectivity index (χ2n) is 10.4. The van der Waals surface area contributed by atoms with Crippen LogP contribution in [0.5, 0.6) is 0 Å². The number of rotatable bonds is 16. The molecule has 0 aliphatic carbocycles. The minimum Gasteiger partial charge on any atom is -0.374 e. The van der Waals surface area contributed by atoms with Crippen LogP contribution in [0.25, 0.3) is 0 Å². The lowest BCUT2D eigenvalue weighted by Gasteiger charge is -2.45. The third-order valence-corrected chi connectivity index (χ3v) is 7.35. The van der Waals surface area contributed by atoms with Gasteiger partial charge in [-0.1, -0.05) is 121 Å². The average Bonchev–Trinajstić information content (AvgIpc) is 3.07. The lowest BCUT2D eigenvalue weighted by Crippen LogP contribution is -2.61. The fourth-order valence-electron chi connectivity index (χ4n) is 5.04. The van der Waals surface area contributed by atoms with Crippen molar-refractivity contribution < 1.29 is 28.4 Å². The summed E-state index contributed by atoms with van der Waals surface area (Å²) in [5.41, 5.74) is 4.22. The van der Waals surface area contributed by atoms with Gasteiger partial charge in [-0.2, -0.15) is 0 Å². The summed E-state index contributed by atoms with van der Waals surface area (Å²) in [6, 6.07) is 40.3. The highest BCUT2D eigenvalue weighted by Crippen LogP contribution is 2.31. The number of ether oxygens (including phenoxy) is 6. The van der Waals surface area contributed by atoms with E-state index in [1.807, 2.05) is 121 Å². The number of hydrogen-bond donors (Lipinski definition) is 0. The van der Waals surface area contributed by atoms with Gasteiger partial charge in [0, 0.05) is 5.88 Å². The number of hydrogen-bond acceptors (Lipinski definition) is 6. The van der Waals surface area contributed by atoms with Gasteiger partial charge in [0.25, 0.3) is 0 Å². The van der Waals surface area contributed by atoms with Crippen LogP contribution in [0.2, 0.25) is 0 Å². The van der Waals surface area contributed by atoms with Gasteiger partial charge in [-0.3, -0.25) is 0 Å². The van der Waals surface area contributed by atoms with Gasteiger partial charge >= 0.3 is 0 Å². The van der Waals surface area contributed by atoms with Gasteiger partial charge in [-0.15, -0.1) is 11.6 Å². The van der Waals surface area contributed by atoms with Crippen LogP contribution in [0.15, 0.2) is 121 Å². The fourth-order valence-corrected chi connectivity index (χ4v) is 5.13. The predicted octanol–water partition coefficient (Wildman–Crippen LogP) is 6.94. The van der Waals surface area contributed by atoms with Crippen molar-refractivity contribution in [2.24, 2.45) is 0 Å². The third-order valence-electron chi connectivity index (χ3n) is 7.20. The van der Waals surface area contributed by atoms with Crippen LogP contribution in [-0.4, -0.2) is 49.8 Å². The molecule has 0 saturated carbocycles. The van der Waals surface area contributed by atoms with E-state index in [9.17, 15) is 0 Å². The zero-order valence-corrected chi connectivity index (χ0v) is 25.0. The molecule has 5 atom stereocenters. The zero-order valence-electron chi connectivity index (χ0n) is 24.2. The van der Waals surface area contributed by atoms with E-state index in [1.165, 1.54) is 0 Å². The highest BCUT2D eigenvalue weighted by Gasteiger charge is 2.49. The van der Waals surface area contributed by atoms with Crippen LogP contribution in [0.3, 0.4) is 0 Å². The Bertz CT molecular complexity index is 1290. The van der Waals surface area contributed by atoms with Crippen LogP contribution in [0.1, 0.15) is 22.3 Å². The van der Waals surface area contributed by atoms with Crippen LogP contribution in [0, 0.1) is 0 Å². The molecule has 0 N–H and O–H groups in total. The van der Waals surface area contributed by atoms with Crippen LogP contribution in [-0.2, 0) is 54.8 Å². The van der Waals surface area contributed by atoms with Gasteiger partial charge < -0.3 is 28.4 Å². The molecule has 0 radical (unpaired) electrons. The van der Waals surface area contributed by atoms with Gasteiger partial charge in [0.05, 0.1) is 39.6 Å². The van der Waals surface area contributed by atoms with E-state index in [0.29, 0.717) is 38.9 Å².